The average molecular weight is 276 g/mol. The second-order valence-corrected chi connectivity index (χ2v) is 4.89. The third-order valence-electron chi connectivity index (χ3n) is 3.38. The molecular formula is C15H20N2O3. The van der Waals surface area contributed by atoms with E-state index in [0.29, 0.717) is 13.2 Å². The Morgan fingerprint density at radius 2 is 2.05 bits per heavy atom. The van der Waals surface area contributed by atoms with Crippen LogP contribution < -0.4 is 5.32 Å². The largest absolute Gasteiger partial charge is 0.380 e. The highest BCUT2D eigenvalue weighted by atomic mass is 16.5. The van der Waals surface area contributed by atoms with Gasteiger partial charge in [-0.15, -0.1) is 0 Å². The van der Waals surface area contributed by atoms with Crippen molar-refractivity contribution in [2.45, 2.75) is 25.9 Å². The van der Waals surface area contributed by atoms with Gasteiger partial charge in [-0.3, -0.25) is 9.59 Å². The molecule has 0 saturated carbocycles. The van der Waals surface area contributed by atoms with Gasteiger partial charge in [-0.25, -0.2) is 0 Å². The smallest absolute Gasteiger partial charge is 0.250 e. The van der Waals surface area contributed by atoms with Crippen LogP contribution in [0.3, 0.4) is 0 Å². The van der Waals surface area contributed by atoms with Crippen LogP contribution in [0.25, 0.3) is 0 Å². The molecule has 0 spiro atoms. The number of ether oxygens (including phenoxy) is 1. The fourth-order valence-electron chi connectivity index (χ4n) is 2.29. The van der Waals surface area contributed by atoms with E-state index in [1.807, 2.05) is 44.2 Å². The molecule has 0 aliphatic carbocycles. The van der Waals surface area contributed by atoms with E-state index in [1.165, 1.54) is 0 Å². The van der Waals surface area contributed by atoms with E-state index in [9.17, 15) is 9.59 Å². The van der Waals surface area contributed by atoms with Crippen LogP contribution in [0.15, 0.2) is 30.3 Å². The quantitative estimate of drug-likeness (QED) is 0.876. The van der Waals surface area contributed by atoms with Crippen molar-refractivity contribution in [2.75, 3.05) is 19.8 Å². The zero-order valence-corrected chi connectivity index (χ0v) is 11.8. The number of rotatable bonds is 5. The molecule has 0 aromatic heterocycles. The summed E-state index contributed by atoms with van der Waals surface area (Å²) in [4.78, 5) is 26.0. The first-order valence-electron chi connectivity index (χ1n) is 6.86. The number of amides is 2. The lowest BCUT2D eigenvalue weighted by Gasteiger charge is -2.36. The minimum Gasteiger partial charge on any atom is -0.380 e. The molecule has 0 radical (unpaired) electrons. The topological polar surface area (TPSA) is 58.6 Å². The fourth-order valence-corrected chi connectivity index (χ4v) is 2.29. The van der Waals surface area contributed by atoms with Crippen molar-refractivity contribution in [1.82, 2.24) is 10.2 Å². The van der Waals surface area contributed by atoms with E-state index in [2.05, 4.69) is 5.32 Å². The van der Waals surface area contributed by atoms with Crippen LogP contribution in [0.4, 0.5) is 0 Å². The van der Waals surface area contributed by atoms with Crippen LogP contribution in [0.2, 0.25) is 0 Å². The molecule has 1 N–H and O–H groups in total. The maximum absolute atomic E-state index is 12.5. The van der Waals surface area contributed by atoms with Gasteiger partial charge < -0.3 is 15.0 Å². The average Bonchev–Trinajstić information content (AvgIpc) is 2.47. The van der Waals surface area contributed by atoms with Gasteiger partial charge in [0.25, 0.3) is 5.91 Å². The molecule has 5 heteroatoms. The Morgan fingerprint density at radius 3 is 2.70 bits per heavy atom. The van der Waals surface area contributed by atoms with Crippen molar-refractivity contribution in [1.29, 1.82) is 0 Å². The van der Waals surface area contributed by atoms with Crippen molar-refractivity contribution >= 4 is 11.8 Å². The van der Waals surface area contributed by atoms with Gasteiger partial charge in [0.1, 0.15) is 6.04 Å². The molecule has 1 aromatic carbocycles. The SMILES string of the molecule is CCOCC(C)N1CC(=O)NC(c2ccccc2)C1=O. The summed E-state index contributed by atoms with van der Waals surface area (Å²) in [5.74, 6) is -0.218. The van der Waals surface area contributed by atoms with Gasteiger partial charge in [0.15, 0.2) is 0 Å². The summed E-state index contributed by atoms with van der Waals surface area (Å²) in [5.41, 5.74) is 0.805. The van der Waals surface area contributed by atoms with Crippen molar-refractivity contribution in [3.63, 3.8) is 0 Å². The molecule has 5 nitrogen and oxygen atoms in total. The summed E-state index contributed by atoms with van der Waals surface area (Å²) in [7, 11) is 0. The van der Waals surface area contributed by atoms with Crippen LogP contribution in [0.1, 0.15) is 25.5 Å². The second kappa shape index (κ2) is 6.52. The summed E-state index contributed by atoms with van der Waals surface area (Å²) >= 11 is 0. The molecule has 20 heavy (non-hydrogen) atoms. The van der Waals surface area contributed by atoms with Crippen molar-refractivity contribution in [3.05, 3.63) is 35.9 Å². The predicted octanol–water partition coefficient (Wildman–Crippen LogP) is 1.11. The lowest BCUT2D eigenvalue weighted by atomic mass is 10.0. The Kier molecular flexibility index (Phi) is 4.74. The number of hydrogen-bond donors (Lipinski definition) is 1. The van der Waals surface area contributed by atoms with Gasteiger partial charge in [-0.1, -0.05) is 30.3 Å². The third kappa shape index (κ3) is 3.17. The molecule has 0 bridgehead atoms. The number of nitrogens with one attached hydrogen (secondary N) is 1. The van der Waals surface area contributed by atoms with E-state index in [1.54, 1.807) is 4.90 Å². The van der Waals surface area contributed by atoms with Crippen molar-refractivity contribution in [3.8, 4) is 0 Å². The highest BCUT2D eigenvalue weighted by Crippen LogP contribution is 2.20. The number of benzene rings is 1. The van der Waals surface area contributed by atoms with Crippen LogP contribution in [0.5, 0.6) is 0 Å². The molecule has 2 atom stereocenters. The van der Waals surface area contributed by atoms with Crippen molar-refractivity contribution < 1.29 is 14.3 Å². The summed E-state index contributed by atoms with van der Waals surface area (Å²) in [5, 5.41) is 2.75. The molecular weight excluding hydrogens is 256 g/mol. The highest BCUT2D eigenvalue weighted by molar-refractivity contribution is 5.95. The number of hydrogen-bond acceptors (Lipinski definition) is 3. The van der Waals surface area contributed by atoms with Crippen LogP contribution in [0, 0.1) is 0 Å². The molecule has 1 aromatic rings. The molecule has 2 rings (SSSR count). The Hall–Kier alpha value is -1.88. The van der Waals surface area contributed by atoms with Gasteiger partial charge in [0.2, 0.25) is 5.91 Å². The molecule has 1 aliphatic rings. The van der Waals surface area contributed by atoms with Gasteiger partial charge >= 0.3 is 0 Å². The molecule has 1 fully saturated rings. The molecule has 1 saturated heterocycles. The lowest BCUT2D eigenvalue weighted by molar-refractivity contribution is -0.147. The Morgan fingerprint density at radius 1 is 1.35 bits per heavy atom. The molecule has 2 amide bonds. The van der Waals surface area contributed by atoms with Crippen LogP contribution in [-0.2, 0) is 14.3 Å². The minimum atomic E-state index is -0.596. The summed E-state index contributed by atoms with van der Waals surface area (Å²) in [6, 6.07) is 8.59. The Balaban J connectivity index is 2.15. The van der Waals surface area contributed by atoms with E-state index in [0.717, 1.165) is 5.56 Å². The fraction of sp³-hybridized carbons (Fsp3) is 0.467. The number of carbonyl (C=O) groups is 2. The predicted molar refractivity (Wildman–Crippen MR) is 75.0 cm³/mol. The number of nitrogens with zero attached hydrogens (tertiary/aromatic N) is 1. The summed E-state index contributed by atoms with van der Waals surface area (Å²) < 4.78 is 5.35. The molecule has 1 aliphatic heterocycles. The van der Waals surface area contributed by atoms with E-state index in [-0.39, 0.29) is 24.4 Å². The van der Waals surface area contributed by atoms with Crippen molar-refractivity contribution in [2.24, 2.45) is 0 Å². The maximum atomic E-state index is 12.5. The zero-order chi connectivity index (χ0) is 14.5. The lowest BCUT2D eigenvalue weighted by Crippen LogP contribution is -2.56. The van der Waals surface area contributed by atoms with Crippen LogP contribution >= 0.6 is 0 Å². The maximum Gasteiger partial charge on any atom is 0.250 e. The molecule has 1 heterocycles. The second-order valence-electron chi connectivity index (χ2n) is 4.89. The normalized spacial score (nSPS) is 20.7. The monoisotopic (exact) mass is 276 g/mol. The first-order valence-corrected chi connectivity index (χ1v) is 6.86. The standard InChI is InChI=1S/C15H20N2O3/c1-3-20-10-11(2)17-9-13(18)16-14(15(17)19)12-7-5-4-6-8-12/h4-8,11,14H,3,9-10H2,1-2H3,(H,16,18). The zero-order valence-electron chi connectivity index (χ0n) is 11.8. The third-order valence-corrected chi connectivity index (χ3v) is 3.38. The van der Waals surface area contributed by atoms with Gasteiger partial charge in [-0.05, 0) is 19.4 Å². The van der Waals surface area contributed by atoms with Gasteiger partial charge in [0.05, 0.1) is 19.2 Å². The molecule has 108 valence electrons. The van der Waals surface area contributed by atoms with Crippen LogP contribution in [-0.4, -0.2) is 42.5 Å². The first kappa shape index (κ1) is 14.5. The number of carbonyl (C=O) groups excluding carboxylic acids is 2. The molecule has 2 unspecified atom stereocenters. The van der Waals surface area contributed by atoms with Gasteiger partial charge in [0, 0.05) is 6.61 Å². The Bertz CT molecular complexity index is 475. The number of piperazine rings is 1. The highest BCUT2D eigenvalue weighted by Gasteiger charge is 2.35. The summed E-state index contributed by atoms with van der Waals surface area (Å²) in [6.07, 6.45) is 0. The summed E-state index contributed by atoms with van der Waals surface area (Å²) in [6.45, 7) is 4.94. The van der Waals surface area contributed by atoms with E-state index >= 15 is 0 Å². The van der Waals surface area contributed by atoms with E-state index < -0.39 is 6.04 Å². The van der Waals surface area contributed by atoms with Gasteiger partial charge in [-0.2, -0.15) is 0 Å². The van der Waals surface area contributed by atoms with E-state index in [4.69, 9.17) is 4.74 Å². The minimum absolute atomic E-state index is 0.0806. The Labute approximate surface area is 118 Å². The first-order chi connectivity index (χ1) is 9.63.